The van der Waals surface area contributed by atoms with Gasteiger partial charge in [0.2, 0.25) is 0 Å². The third kappa shape index (κ3) is 5.62. The summed E-state index contributed by atoms with van der Waals surface area (Å²) in [6.45, 7) is 7.94. The van der Waals surface area contributed by atoms with Crippen LogP contribution in [0, 0.1) is 5.92 Å². The fourth-order valence-electron chi connectivity index (χ4n) is 2.83. The SMILES string of the molecule is CCCC1CCN(C(CN)CCSCC)CC1. The average Bonchev–Trinajstić information content (AvgIpc) is 2.36. The van der Waals surface area contributed by atoms with Crippen molar-refractivity contribution in [1.29, 1.82) is 0 Å². The summed E-state index contributed by atoms with van der Waals surface area (Å²) in [7, 11) is 0. The van der Waals surface area contributed by atoms with Gasteiger partial charge >= 0.3 is 0 Å². The molecular weight excluding hydrogens is 228 g/mol. The number of nitrogens with two attached hydrogens (primary N) is 1. The maximum absolute atomic E-state index is 5.93. The van der Waals surface area contributed by atoms with Gasteiger partial charge in [0.25, 0.3) is 0 Å². The van der Waals surface area contributed by atoms with Crippen LogP contribution in [-0.2, 0) is 0 Å². The highest BCUT2D eigenvalue weighted by molar-refractivity contribution is 7.99. The topological polar surface area (TPSA) is 29.3 Å². The van der Waals surface area contributed by atoms with Crippen molar-refractivity contribution in [3.8, 4) is 0 Å². The van der Waals surface area contributed by atoms with Crippen molar-refractivity contribution in [3.63, 3.8) is 0 Å². The van der Waals surface area contributed by atoms with Crippen molar-refractivity contribution in [1.82, 2.24) is 4.90 Å². The average molecular weight is 258 g/mol. The molecule has 1 fully saturated rings. The first kappa shape index (κ1) is 15.3. The van der Waals surface area contributed by atoms with Crippen LogP contribution in [0.1, 0.15) is 46.0 Å². The highest BCUT2D eigenvalue weighted by Gasteiger charge is 2.23. The van der Waals surface area contributed by atoms with Crippen molar-refractivity contribution in [2.75, 3.05) is 31.1 Å². The van der Waals surface area contributed by atoms with E-state index in [4.69, 9.17) is 5.73 Å². The minimum atomic E-state index is 0.636. The summed E-state index contributed by atoms with van der Waals surface area (Å²) in [5.74, 6) is 3.49. The molecule has 0 aliphatic carbocycles. The van der Waals surface area contributed by atoms with E-state index < -0.39 is 0 Å². The highest BCUT2D eigenvalue weighted by Crippen LogP contribution is 2.23. The summed E-state index contributed by atoms with van der Waals surface area (Å²) in [5.41, 5.74) is 5.93. The molecule has 0 aromatic heterocycles. The van der Waals surface area contributed by atoms with Gasteiger partial charge in [-0.05, 0) is 49.8 Å². The molecule has 1 unspecified atom stereocenters. The lowest BCUT2D eigenvalue weighted by Gasteiger charge is -2.37. The van der Waals surface area contributed by atoms with Crippen LogP contribution in [0.15, 0.2) is 0 Å². The molecule has 3 heteroatoms. The van der Waals surface area contributed by atoms with Gasteiger partial charge < -0.3 is 5.73 Å². The standard InChI is InChI=1S/C14H30N2S/c1-3-5-13-6-9-16(10-7-13)14(12-15)8-11-17-4-2/h13-14H,3-12,15H2,1-2H3. The van der Waals surface area contributed by atoms with Gasteiger partial charge in [0.05, 0.1) is 0 Å². The van der Waals surface area contributed by atoms with Gasteiger partial charge in [0, 0.05) is 12.6 Å². The molecule has 0 aromatic rings. The molecule has 1 atom stereocenters. The highest BCUT2D eigenvalue weighted by atomic mass is 32.2. The summed E-state index contributed by atoms with van der Waals surface area (Å²) in [4.78, 5) is 2.64. The molecule has 0 bridgehead atoms. The zero-order valence-corrected chi connectivity index (χ0v) is 12.5. The maximum atomic E-state index is 5.93. The van der Waals surface area contributed by atoms with E-state index in [1.165, 1.54) is 56.7 Å². The van der Waals surface area contributed by atoms with Crippen LogP contribution in [0.5, 0.6) is 0 Å². The van der Waals surface area contributed by atoms with Gasteiger partial charge in [-0.25, -0.2) is 0 Å². The molecule has 1 aliphatic rings. The Bertz CT molecular complexity index is 179. The summed E-state index contributed by atoms with van der Waals surface area (Å²) in [6.07, 6.45) is 6.83. The number of piperidine rings is 1. The fourth-order valence-corrected chi connectivity index (χ4v) is 3.56. The predicted octanol–water partition coefficient (Wildman–Crippen LogP) is 2.97. The monoisotopic (exact) mass is 258 g/mol. The lowest BCUT2D eigenvalue weighted by Crippen LogP contribution is -2.45. The molecular formula is C14H30N2S. The second-order valence-corrected chi connectivity index (χ2v) is 6.54. The van der Waals surface area contributed by atoms with Gasteiger partial charge in [-0.2, -0.15) is 11.8 Å². The zero-order valence-electron chi connectivity index (χ0n) is 11.7. The normalized spacial score (nSPS) is 20.6. The molecule has 0 saturated carbocycles. The van der Waals surface area contributed by atoms with Crippen LogP contribution in [0.2, 0.25) is 0 Å². The van der Waals surface area contributed by atoms with Crippen molar-refractivity contribution in [2.24, 2.45) is 11.7 Å². The molecule has 17 heavy (non-hydrogen) atoms. The molecule has 0 amide bonds. The number of likely N-dealkylation sites (tertiary alicyclic amines) is 1. The quantitative estimate of drug-likeness (QED) is 0.679. The van der Waals surface area contributed by atoms with Crippen molar-refractivity contribution in [2.45, 2.75) is 52.0 Å². The molecule has 0 radical (unpaired) electrons. The largest absolute Gasteiger partial charge is 0.329 e. The van der Waals surface area contributed by atoms with Gasteiger partial charge in [-0.3, -0.25) is 4.90 Å². The Kier molecular flexibility index (Phi) is 8.33. The Morgan fingerprint density at radius 2 is 2.00 bits per heavy atom. The molecule has 102 valence electrons. The van der Waals surface area contributed by atoms with Gasteiger partial charge in [0.15, 0.2) is 0 Å². The van der Waals surface area contributed by atoms with Crippen LogP contribution in [-0.4, -0.2) is 42.1 Å². The molecule has 1 aliphatic heterocycles. The smallest absolute Gasteiger partial charge is 0.0226 e. The van der Waals surface area contributed by atoms with E-state index in [0.717, 1.165) is 12.5 Å². The third-order valence-corrected chi connectivity index (χ3v) is 4.87. The van der Waals surface area contributed by atoms with Crippen LogP contribution >= 0.6 is 11.8 Å². The Hall–Kier alpha value is 0.270. The number of nitrogens with zero attached hydrogens (tertiary/aromatic N) is 1. The van der Waals surface area contributed by atoms with E-state index in [1.54, 1.807) is 0 Å². The summed E-state index contributed by atoms with van der Waals surface area (Å²) in [5, 5.41) is 0. The van der Waals surface area contributed by atoms with Crippen LogP contribution in [0.25, 0.3) is 0 Å². The molecule has 1 rings (SSSR count). The van der Waals surface area contributed by atoms with E-state index in [0.29, 0.717) is 6.04 Å². The Morgan fingerprint density at radius 1 is 1.29 bits per heavy atom. The minimum Gasteiger partial charge on any atom is -0.329 e. The number of thioether (sulfide) groups is 1. The summed E-state index contributed by atoms with van der Waals surface area (Å²) < 4.78 is 0. The molecule has 2 N–H and O–H groups in total. The Labute approximate surface area is 112 Å². The molecule has 2 nitrogen and oxygen atoms in total. The molecule has 0 spiro atoms. The van der Waals surface area contributed by atoms with Crippen LogP contribution in [0.4, 0.5) is 0 Å². The lowest BCUT2D eigenvalue weighted by atomic mass is 9.91. The van der Waals surface area contributed by atoms with Crippen molar-refractivity contribution >= 4 is 11.8 Å². The predicted molar refractivity (Wildman–Crippen MR) is 79.7 cm³/mol. The van der Waals surface area contributed by atoms with Crippen molar-refractivity contribution < 1.29 is 0 Å². The second kappa shape index (κ2) is 9.23. The van der Waals surface area contributed by atoms with E-state index >= 15 is 0 Å². The van der Waals surface area contributed by atoms with E-state index in [1.807, 2.05) is 11.8 Å². The summed E-state index contributed by atoms with van der Waals surface area (Å²) in [6, 6.07) is 0.636. The van der Waals surface area contributed by atoms with E-state index in [9.17, 15) is 0 Å². The fraction of sp³-hybridized carbons (Fsp3) is 1.00. The molecule has 0 aromatic carbocycles. The minimum absolute atomic E-state index is 0.636. The number of hydrogen-bond acceptors (Lipinski definition) is 3. The van der Waals surface area contributed by atoms with Gasteiger partial charge in [0.1, 0.15) is 0 Å². The molecule has 1 saturated heterocycles. The number of hydrogen-bond donors (Lipinski definition) is 1. The first-order chi connectivity index (χ1) is 8.31. The second-order valence-electron chi connectivity index (χ2n) is 5.14. The Morgan fingerprint density at radius 3 is 2.53 bits per heavy atom. The van der Waals surface area contributed by atoms with Crippen LogP contribution < -0.4 is 5.73 Å². The van der Waals surface area contributed by atoms with E-state index in [-0.39, 0.29) is 0 Å². The van der Waals surface area contributed by atoms with Crippen LogP contribution in [0.3, 0.4) is 0 Å². The maximum Gasteiger partial charge on any atom is 0.0226 e. The number of rotatable bonds is 8. The third-order valence-electron chi connectivity index (χ3n) is 3.93. The van der Waals surface area contributed by atoms with Gasteiger partial charge in [-0.15, -0.1) is 0 Å². The molecule has 1 heterocycles. The van der Waals surface area contributed by atoms with Crippen molar-refractivity contribution in [3.05, 3.63) is 0 Å². The first-order valence-corrected chi connectivity index (χ1v) is 8.49. The lowest BCUT2D eigenvalue weighted by molar-refractivity contribution is 0.129. The first-order valence-electron chi connectivity index (χ1n) is 7.33. The Balaban J connectivity index is 2.24. The summed E-state index contributed by atoms with van der Waals surface area (Å²) >= 11 is 2.04. The zero-order chi connectivity index (χ0) is 12.5. The van der Waals surface area contributed by atoms with Gasteiger partial charge in [-0.1, -0.05) is 26.7 Å². The van der Waals surface area contributed by atoms with E-state index in [2.05, 4.69) is 18.7 Å².